The second-order valence-corrected chi connectivity index (χ2v) is 9.27. The Labute approximate surface area is 208 Å². The lowest BCUT2D eigenvalue weighted by molar-refractivity contribution is 0.238. The van der Waals surface area contributed by atoms with Crippen LogP contribution in [0.4, 0.5) is 5.69 Å². The average Bonchev–Trinajstić information content (AvgIpc) is 2.92. The molecule has 0 N–H and O–H groups in total. The van der Waals surface area contributed by atoms with Crippen LogP contribution in [-0.4, -0.2) is 60.7 Å². The maximum Gasteiger partial charge on any atom is 0.142 e. The fourth-order valence-electron chi connectivity index (χ4n) is 4.99. The largest absolute Gasteiger partial charge is 0.495 e. The van der Waals surface area contributed by atoms with Crippen molar-refractivity contribution in [2.24, 2.45) is 7.05 Å². The Morgan fingerprint density at radius 2 is 1.49 bits per heavy atom. The van der Waals surface area contributed by atoms with E-state index in [2.05, 4.69) is 86.9 Å². The van der Waals surface area contributed by atoms with Gasteiger partial charge in [0.15, 0.2) is 0 Å². The van der Waals surface area contributed by atoms with Crippen LogP contribution in [0.25, 0.3) is 11.0 Å². The van der Waals surface area contributed by atoms with Crippen LogP contribution >= 0.6 is 0 Å². The van der Waals surface area contributed by atoms with E-state index in [1.165, 1.54) is 22.3 Å². The number of ether oxygens (including phenoxy) is 2. The van der Waals surface area contributed by atoms with Gasteiger partial charge in [-0.3, -0.25) is 14.3 Å². The van der Waals surface area contributed by atoms with Crippen LogP contribution in [-0.2, 0) is 13.6 Å². The smallest absolute Gasteiger partial charge is 0.142 e. The van der Waals surface area contributed by atoms with Crippen LogP contribution < -0.4 is 14.4 Å². The van der Waals surface area contributed by atoms with E-state index < -0.39 is 0 Å². The molecule has 0 radical (unpaired) electrons. The standard InChI is InChI=1S/C29H36N4O2/c1-30-26-9-3-4-10-27(26)33(30)23-24-13-15-25(16-14-24)35-22-8-7-17-31-18-20-32(21-19-31)28-11-5-6-12-29(28)34-2/h3-6,9-16H,7-8,17-23H2,1-2H3. The molecule has 4 aromatic rings. The van der Waals surface area contributed by atoms with Crippen molar-refractivity contribution in [2.45, 2.75) is 19.4 Å². The van der Waals surface area contributed by atoms with Gasteiger partial charge in [-0.15, -0.1) is 0 Å². The number of nitrogens with zero attached hydrogens (tertiary/aromatic N) is 4. The predicted octanol–water partition coefficient (Wildman–Crippen LogP) is 5.02. The minimum Gasteiger partial charge on any atom is -0.495 e. The van der Waals surface area contributed by atoms with E-state index >= 15 is 0 Å². The van der Waals surface area contributed by atoms with E-state index in [1.807, 2.05) is 12.1 Å². The van der Waals surface area contributed by atoms with E-state index in [-0.39, 0.29) is 0 Å². The van der Waals surface area contributed by atoms with E-state index in [0.29, 0.717) is 0 Å². The summed E-state index contributed by atoms with van der Waals surface area (Å²) in [6.45, 7) is 7.05. The van der Waals surface area contributed by atoms with Crippen LogP contribution in [0.1, 0.15) is 18.4 Å². The van der Waals surface area contributed by atoms with Gasteiger partial charge in [0, 0.05) is 33.2 Å². The normalized spacial score (nSPS) is 14.5. The van der Waals surface area contributed by atoms with Crippen LogP contribution in [0.15, 0.2) is 72.8 Å². The van der Waals surface area contributed by atoms with Crippen molar-refractivity contribution in [3.63, 3.8) is 0 Å². The van der Waals surface area contributed by atoms with Gasteiger partial charge in [-0.05, 0) is 61.3 Å². The number of aromatic nitrogens is 2. The predicted molar refractivity (Wildman–Crippen MR) is 143 cm³/mol. The van der Waals surface area contributed by atoms with Crippen molar-refractivity contribution >= 4 is 16.7 Å². The van der Waals surface area contributed by atoms with Gasteiger partial charge in [-0.2, -0.15) is 0 Å². The molecule has 0 amide bonds. The summed E-state index contributed by atoms with van der Waals surface area (Å²) >= 11 is 0. The lowest BCUT2D eigenvalue weighted by Crippen LogP contribution is -2.46. The molecule has 0 saturated carbocycles. The number of para-hydroxylation sites is 4. The molecule has 0 unspecified atom stereocenters. The minimum absolute atomic E-state index is 0.767. The van der Waals surface area contributed by atoms with Crippen molar-refractivity contribution in [2.75, 3.05) is 51.3 Å². The summed E-state index contributed by atoms with van der Waals surface area (Å²) in [5.74, 6) is 1.92. The first-order valence-corrected chi connectivity index (χ1v) is 12.7. The number of piperazine rings is 1. The molecular weight excluding hydrogens is 436 g/mol. The van der Waals surface area contributed by atoms with Gasteiger partial charge in [0.1, 0.15) is 11.5 Å². The van der Waals surface area contributed by atoms with Crippen LogP contribution in [0.2, 0.25) is 0 Å². The Bertz CT molecular complexity index is 1220. The average molecular weight is 473 g/mol. The highest BCUT2D eigenvalue weighted by molar-refractivity contribution is 5.78. The number of aryl methyl sites for hydroxylation is 1. The third-order valence-electron chi connectivity index (χ3n) is 7.06. The number of benzene rings is 3. The molecular formula is C29H36N4O2. The van der Waals surface area contributed by atoms with Crippen molar-refractivity contribution in [1.29, 1.82) is 0 Å². The molecule has 0 aliphatic carbocycles. The zero-order valence-electron chi connectivity index (χ0n) is 20.9. The SMILES string of the molecule is COc1ccccc1N1CCN(CCCCOc2ccc(Cn3c4ccccc4n3C)cc2)CC1. The molecule has 184 valence electrons. The molecule has 1 saturated heterocycles. The molecule has 5 rings (SSSR count). The van der Waals surface area contributed by atoms with Crippen LogP contribution in [0.3, 0.4) is 0 Å². The first-order valence-electron chi connectivity index (χ1n) is 12.7. The summed E-state index contributed by atoms with van der Waals surface area (Å²) in [4.78, 5) is 4.99. The molecule has 1 fully saturated rings. The van der Waals surface area contributed by atoms with Crippen molar-refractivity contribution in [1.82, 2.24) is 14.3 Å². The van der Waals surface area contributed by atoms with E-state index in [9.17, 15) is 0 Å². The lowest BCUT2D eigenvalue weighted by atomic mass is 10.2. The topological polar surface area (TPSA) is 34.8 Å². The van der Waals surface area contributed by atoms with Gasteiger partial charge in [0.05, 0.1) is 37.0 Å². The molecule has 0 atom stereocenters. The zero-order valence-corrected chi connectivity index (χ0v) is 20.9. The van der Waals surface area contributed by atoms with Gasteiger partial charge in [-0.25, -0.2) is 0 Å². The van der Waals surface area contributed by atoms with Gasteiger partial charge in [-0.1, -0.05) is 36.4 Å². The number of fused-ring (bicyclic) bond motifs is 1. The van der Waals surface area contributed by atoms with Gasteiger partial charge >= 0.3 is 0 Å². The van der Waals surface area contributed by atoms with Crippen molar-refractivity contribution in [3.05, 3.63) is 78.4 Å². The molecule has 1 aromatic heterocycles. The van der Waals surface area contributed by atoms with Gasteiger partial charge in [0.25, 0.3) is 0 Å². The molecule has 1 aliphatic heterocycles. The fraction of sp³-hybridized carbons (Fsp3) is 0.379. The molecule has 0 spiro atoms. The highest BCUT2D eigenvalue weighted by Gasteiger charge is 2.19. The number of hydrogen-bond acceptors (Lipinski definition) is 4. The first-order chi connectivity index (χ1) is 17.2. The monoisotopic (exact) mass is 472 g/mol. The van der Waals surface area contributed by atoms with Crippen LogP contribution in [0.5, 0.6) is 11.5 Å². The zero-order chi connectivity index (χ0) is 24.0. The third-order valence-corrected chi connectivity index (χ3v) is 7.06. The van der Waals surface area contributed by atoms with E-state index in [1.54, 1.807) is 7.11 Å². The summed E-state index contributed by atoms with van der Waals surface area (Å²) in [7, 11) is 3.86. The summed E-state index contributed by atoms with van der Waals surface area (Å²) in [6.07, 6.45) is 2.23. The van der Waals surface area contributed by atoms with Crippen LogP contribution in [0, 0.1) is 0 Å². The molecule has 6 heteroatoms. The van der Waals surface area contributed by atoms with Gasteiger partial charge in [0.2, 0.25) is 0 Å². The second-order valence-electron chi connectivity index (χ2n) is 9.27. The molecule has 3 aromatic carbocycles. The second kappa shape index (κ2) is 10.9. The number of unbranched alkanes of at least 4 members (excludes halogenated alkanes) is 1. The minimum atomic E-state index is 0.767. The molecule has 2 heterocycles. The maximum atomic E-state index is 6.01. The lowest BCUT2D eigenvalue weighted by Gasteiger charge is -2.36. The maximum absolute atomic E-state index is 6.01. The highest BCUT2D eigenvalue weighted by Crippen LogP contribution is 2.28. The Hall–Kier alpha value is -3.38. The third kappa shape index (κ3) is 5.33. The quantitative estimate of drug-likeness (QED) is 0.304. The summed E-state index contributed by atoms with van der Waals surface area (Å²) in [5.41, 5.74) is 5.06. The Kier molecular flexibility index (Phi) is 7.28. The molecule has 1 aliphatic rings. The summed E-state index contributed by atoms with van der Waals surface area (Å²) in [5, 5.41) is 0. The number of hydrogen-bond donors (Lipinski definition) is 0. The Morgan fingerprint density at radius 1 is 0.771 bits per heavy atom. The number of rotatable bonds is 10. The Balaban J connectivity index is 1.00. The molecule has 0 bridgehead atoms. The number of methoxy groups -OCH3 is 1. The first kappa shape index (κ1) is 23.4. The highest BCUT2D eigenvalue weighted by atomic mass is 16.5. The van der Waals surface area contributed by atoms with Crippen molar-refractivity contribution in [3.8, 4) is 11.5 Å². The fourth-order valence-corrected chi connectivity index (χ4v) is 4.99. The van der Waals surface area contributed by atoms with Crippen molar-refractivity contribution < 1.29 is 9.47 Å². The summed E-state index contributed by atoms with van der Waals surface area (Å²) < 4.78 is 16.0. The van der Waals surface area contributed by atoms with Gasteiger partial charge < -0.3 is 14.4 Å². The van der Waals surface area contributed by atoms with E-state index in [4.69, 9.17) is 9.47 Å². The molecule has 35 heavy (non-hydrogen) atoms. The summed E-state index contributed by atoms with van der Waals surface area (Å²) in [6, 6.07) is 25.4. The molecule has 6 nitrogen and oxygen atoms in total. The van der Waals surface area contributed by atoms with E-state index in [0.717, 1.165) is 70.2 Å². The number of anilines is 1. The Morgan fingerprint density at radius 3 is 2.26 bits per heavy atom.